The third-order valence-electron chi connectivity index (χ3n) is 3.26. The van der Waals surface area contributed by atoms with E-state index in [0.717, 1.165) is 10.0 Å². The largest absolute Gasteiger partial charge is 0.317 e. The molecule has 0 bridgehead atoms. The molecule has 4 nitrogen and oxygen atoms in total. The summed E-state index contributed by atoms with van der Waals surface area (Å²) < 4.78 is 0.872. The van der Waals surface area contributed by atoms with Crippen molar-refractivity contribution in [3.8, 4) is 0 Å². The number of nitrogens with one attached hydrogen (secondary N) is 1. The lowest BCUT2D eigenvalue weighted by Gasteiger charge is -2.27. The summed E-state index contributed by atoms with van der Waals surface area (Å²) in [4.78, 5) is 10.8. The molecule has 2 unspecified atom stereocenters. The van der Waals surface area contributed by atoms with E-state index >= 15 is 0 Å². The molecule has 100 valence electrons. The van der Waals surface area contributed by atoms with E-state index in [-0.39, 0.29) is 22.6 Å². The van der Waals surface area contributed by atoms with Crippen molar-refractivity contribution in [3.05, 3.63) is 38.3 Å². The number of hydrogen-bond acceptors (Lipinski definition) is 3. The molecular formula is C13H19BrN2O2. The highest BCUT2D eigenvalue weighted by atomic mass is 79.9. The molecule has 0 saturated heterocycles. The summed E-state index contributed by atoms with van der Waals surface area (Å²) in [5, 5.41) is 14.3. The topological polar surface area (TPSA) is 55.2 Å². The number of hydrogen-bond donors (Lipinski definition) is 1. The van der Waals surface area contributed by atoms with Gasteiger partial charge in [0.05, 0.1) is 4.92 Å². The predicted octanol–water partition coefficient (Wildman–Crippen LogP) is 3.70. The fraction of sp³-hybridized carbons (Fsp3) is 0.538. The van der Waals surface area contributed by atoms with Gasteiger partial charge in [-0.1, -0.05) is 29.8 Å². The van der Waals surface area contributed by atoms with Gasteiger partial charge in [-0.3, -0.25) is 10.1 Å². The molecule has 0 fully saturated rings. The first-order valence-corrected chi connectivity index (χ1v) is 6.78. The van der Waals surface area contributed by atoms with Gasteiger partial charge in [-0.05, 0) is 32.0 Å². The van der Waals surface area contributed by atoms with E-state index in [2.05, 4.69) is 42.0 Å². The molecule has 0 amide bonds. The molecule has 2 atom stereocenters. The lowest BCUT2D eigenvalue weighted by molar-refractivity contribution is -0.385. The lowest BCUT2D eigenvalue weighted by atomic mass is 9.82. The summed E-state index contributed by atoms with van der Waals surface area (Å²) in [5.41, 5.74) is 0.977. The summed E-state index contributed by atoms with van der Waals surface area (Å²) in [5.74, 6) is 0.424. The number of nitro benzene ring substituents is 1. The molecule has 0 spiro atoms. The van der Waals surface area contributed by atoms with Gasteiger partial charge < -0.3 is 5.32 Å². The van der Waals surface area contributed by atoms with Gasteiger partial charge in [0.15, 0.2) is 0 Å². The molecule has 1 aromatic rings. The molecular weight excluding hydrogens is 296 g/mol. The minimum absolute atomic E-state index is 0.105. The van der Waals surface area contributed by atoms with Crippen molar-refractivity contribution in [1.82, 2.24) is 5.32 Å². The van der Waals surface area contributed by atoms with Crippen LogP contribution >= 0.6 is 15.9 Å². The number of benzene rings is 1. The minimum atomic E-state index is -0.306. The fourth-order valence-corrected chi connectivity index (χ4v) is 2.72. The molecule has 0 aliphatic heterocycles. The summed E-state index contributed by atoms with van der Waals surface area (Å²) in [6.45, 7) is 6.22. The molecule has 0 saturated carbocycles. The number of nitro groups is 1. The average molecular weight is 315 g/mol. The van der Waals surface area contributed by atoms with E-state index in [4.69, 9.17) is 0 Å². The third-order valence-corrected chi connectivity index (χ3v) is 3.75. The molecule has 1 rings (SSSR count). The Morgan fingerprint density at radius 3 is 2.39 bits per heavy atom. The van der Waals surface area contributed by atoms with Gasteiger partial charge in [0.1, 0.15) is 0 Å². The average Bonchev–Trinajstić information content (AvgIpc) is 2.28. The Morgan fingerprint density at radius 2 is 1.94 bits per heavy atom. The molecule has 0 aliphatic rings. The van der Waals surface area contributed by atoms with Crippen molar-refractivity contribution in [2.75, 3.05) is 7.05 Å². The number of rotatable bonds is 5. The number of halogens is 1. The quantitative estimate of drug-likeness (QED) is 0.666. The molecule has 0 radical (unpaired) electrons. The van der Waals surface area contributed by atoms with Gasteiger partial charge in [0, 0.05) is 28.1 Å². The Morgan fingerprint density at radius 1 is 1.33 bits per heavy atom. The molecule has 0 heterocycles. The van der Waals surface area contributed by atoms with Crippen LogP contribution in [0.5, 0.6) is 0 Å². The minimum Gasteiger partial charge on any atom is -0.317 e. The third kappa shape index (κ3) is 3.29. The highest BCUT2D eigenvalue weighted by Crippen LogP contribution is 2.36. The molecule has 0 aliphatic carbocycles. The highest BCUT2D eigenvalue weighted by Gasteiger charge is 2.28. The number of likely N-dealkylation sites (N-methyl/N-ethyl adjacent to an activating group) is 1. The molecule has 18 heavy (non-hydrogen) atoms. The Balaban J connectivity index is 3.34. The molecule has 1 aromatic carbocycles. The van der Waals surface area contributed by atoms with Crippen LogP contribution in [0.3, 0.4) is 0 Å². The van der Waals surface area contributed by atoms with Crippen LogP contribution in [0.1, 0.15) is 32.3 Å². The van der Waals surface area contributed by atoms with Crippen LogP contribution in [0.4, 0.5) is 5.69 Å². The standard InChI is InChI=1S/C13H19BrN2O2/c1-8(2)13(9(3)15-4)11-7-10(14)5-6-12(11)16(17)18/h5-9,13,15H,1-4H3. The number of nitrogens with zero attached hydrogens (tertiary/aromatic N) is 1. The Hall–Kier alpha value is -0.940. The second kappa shape index (κ2) is 6.29. The first-order valence-electron chi connectivity index (χ1n) is 5.99. The highest BCUT2D eigenvalue weighted by molar-refractivity contribution is 9.10. The summed E-state index contributed by atoms with van der Waals surface area (Å²) in [7, 11) is 1.88. The maximum Gasteiger partial charge on any atom is 0.273 e. The molecule has 0 aromatic heterocycles. The van der Waals surface area contributed by atoms with Gasteiger partial charge in [-0.15, -0.1) is 0 Å². The normalized spacial score (nSPS) is 14.6. The van der Waals surface area contributed by atoms with Gasteiger partial charge in [0.2, 0.25) is 0 Å². The van der Waals surface area contributed by atoms with Crippen molar-refractivity contribution in [3.63, 3.8) is 0 Å². The fourth-order valence-electron chi connectivity index (χ4n) is 2.34. The van der Waals surface area contributed by atoms with E-state index in [1.165, 1.54) is 0 Å². The Labute approximate surface area is 116 Å². The van der Waals surface area contributed by atoms with Crippen molar-refractivity contribution >= 4 is 21.6 Å². The maximum absolute atomic E-state index is 11.1. The van der Waals surface area contributed by atoms with Gasteiger partial charge >= 0.3 is 0 Å². The van der Waals surface area contributed by atoms with Crippen LogP contribution in [0.25, 0.3) is 0 Å². The zero-order valence-electron chi connectivity index (χ0n) is 11.1. The van der Waals surface area contributed by atoms with E-state index in [1.54, 1.807) is 12.1 Å². The van der Waals surface area contributed by atoms with Crippen molar-refractivity contribution in [2.45, 2.75) is 32.7 Å². The first-order chi connectivity index (χ1) is 8.38. The maximum atomic E-state index is 11.1. The van der Waals surface area contributed by atoms with Gasteiger partial charge in [0.25, 0.3) is 5.69 Å². The van der Waals surface area contributed by atoms with Crippen LogP contribution in [0.15, 0.2) is 22.7 Å². The molecule has 1 N–H and O–H groups in total. The lowest BCUT2D eigenvalue weighted by Crippen LogP contribution is -2.32. The Bertz CT molecular complexity index is 435. The Kier molecular flexibility index (Phi) is 5.28. The second-order valence-corrected chi connectivity index (χ2v) is 5.72. The zero-order chi connectivity index (χ0) is 13.9. The van der Waals surface area contributed by atoms with Crippen LogP contribution in [-0.4, -0.2) is 18.0 Å². The van der Waals surface area contributed by atoms with Crippen molar-refractivity contribution in [2.24, 2.45) is 5.92 Å². The van der Waals surface area contributed by atoms with E-state index in [0.29, 0.717) is 5.92 Å². The zero-order valence-corrected chi connectivity index (χ0v) is 12.7. The second-order valence-electron chi connectivity index (χ2n) is 4.81. The first kappa shape index (κ1) is 15.1. The van der Waals surface area contributed by atoms with Crippen LogP contribution in [0, 0.1) is 16.0 Å². The van der Waals surface area contributed by atoms with Crippen LogP contribution in [-0.2, 0) is 0 Å². The van der Waals surface area contributed by atoms with Crippen molar-refractivity contribution < 1.29 is 4.92 Å². The SMILES string of the molecule is CNC(C)C(c1cc(Br)ccc1[N+](=O)[O-])C(C)C. The van der Waals surface area contributed by atoms with Crippen LogP contribution in [0.2, 0.25) is 0 Å². The summed E-state index contributed by atoms with van der Waals surface area (Å²) in [6.07, 6.45) is 0. The smallest absolute Gasteiger partial charge is 0.273 e. The van der Waals surface area contributed by atoms with Crippen molar-refractivity contribution in [1.29, 1.82) is 0 Å². The van der Waals surface area contributed by atoms with Crippen LogP contribution < -0.4 is 5.32 Å². The molecule has 5 heteroatoms. The van der Waals surface area contributed by atoms with E-state index in [1.807, 2.05) is 13.1 Å². The summed E-state index contributed by atoms with van der Waals surface area (Å²) >= 11 is 3.39. The predicted molar refractivity (Wildman–Crippen MR) is 76.9 cm³/mol. The summed E-state index contributed by atoms with van der Waals surface area (Å²) in [6, 6.07) is 5.31. The van der Waals surface area contributed by atoms with Gasteiger partial charge in [-0.2, -0.15) is 0 Å². The van der Waals surface area contributed by atoms with Gasteiger partial charge in [-0.25, -0.2) is 0 Å². The monoisotopic (exact) mass is 314 g/mol. The van der Waals surface area contributed by atoms with E-state index in [9.17, 15) is 10.1 Å². The van der Waals surface area contributed by atoms with E-state index < -0.39 is 0 Å².